The van der Waals surface area contributed by atoms with E-state index in [2.05, 4.69) is 41.4 Å². The molecular formula is C19H16N2O. The first-order chi connectivity index (χ1) is 10.9. The standard InChI is InChI=1S/C19H16N2O/c1-2-6-14(7-3-1)12-16-13-22-19(20-16)18-11-10-15-8-4-5-9-17(15)21-18/h1-11,16H,12-13H2. The van der Waals surface area contributed by atoms with E-state index < -0.39 is 0 Å². The van der Waals surface area contributed by atoms with Crippen LogP contribution < -0.4 is 0 Å². The summed E-state index contributed by atoms with van der Waals surface area (Å²) in [6.07, 6.45) is 0.901. The molecule has 0 bridgehead atoms. The van der Waals surface area contributed by atoms with Gasteiger partial charge < -0.3 is 4.74 Å². The van der Waals surface area contributed by atoms with Crippen molar-refractivity contribution in [3.63, 3.8) is 0 Å². The smallest absolute Gasteiger partial charge is 0.235 e. The molecule has 0 aliphatic carbocycles. The van der Waals surface area contributed by atoms with Crippen LogP contribution in [0.25, 0.3) is 10.9 Å². The highest BCUT2D eigenvalue weighted by molar-refractivity contribution is 5.95. The van der Waals surface area contributed by atoms with Crippen molar-refractivity contribution in [2.45, 2.75) is 12.5 Å². The number of ether oxygens (including phenoxy) is 1. The molecule has 0 spiro atoms. The van der Waals surface area contributed by atoms with Gasteiger partial charge in [0, 0.05) is 5.39 Å². The summed E-state index contributed by atoms with van der Waals surface area (Å²) in [5.74, 6) is 0.659. The largest absolute Gasteiger partial charge is 0.474 e. The molecule has 0 fully saturated rings. The third-order valence-electron chi connectivity index (χ3n) is 3.84. The molecule has 0 N–H and O–H groups in total. The van der Waals surface area contributed by atoms with Gasteiger partial charge >= 0.3 is 0 Å². The van der Waals surface area contributed by atoms with E-state index in [1.165, 1.54) is 5.56 Å². The maximum absolute atomic E-state index is 5.76. The second kappa shape index (κ2) is 5.60. The Hall–Kier alpha value is -2.68. The summed E-state index contributed by atoms with van der Waals surface area (Å²) in [5.41, 5.74) is 3.07. The van der Waals surface area contributed by atoms with Gasteiger partial charge in [-0.25, -0.2) is 9.98 Å². The van der Waals surface area contributed by atoms with Crippen molar-refractivity contribution in [2.24, 2.45) is 4.99 Å². The Morgan fingerprint density at radius 1 is 0.909 bits per heavy atom. The van der Waals surface area contributed by atoms with Gasteiger partial charge in [0.15, 0.2) is 0 Å². The van der Waals surface area contributed by atoms with Crippen molar-refractivity contribution in [3.8, 4) is 0 Å². The molecule has 0 amide bonds. The molecular weight excluding hydrogens is 272 g/mol. The molecule has 1 unspecified atom stereocenters. The van der Waals surface area contributed by atoms with Gasteiger partial charge in [0.1, 0.15) is 12.3 Å². The first kappa shape index (κ1) is 13.0. The summed E-state index contributed by atoms with van der Waals surface area (Å²) < 4.78 is 5.76. The molecule has 108 valence electrons. The van der Waals surface area contributed by atoms with Crippen LogP contribution in [-0.2, 0) is 11.2 Å². The highest BCUT2D eigenvalue weighted by Gasteiger charge is 2.21. The van der Waals surface area contributed by atoms with E-state index in [9.17, 15) is 0 Å². The van der Waals surface area contributed by atoms with Crippen LogP contribution >= 0.6 is 0 Å². The maximum Gasteiger partial charge on any atom is 0.235 e. The molecule has 1 aliphatic heterocycles. The van der Waals surface area contributed by atoms with E-state index in [4.69, 9.17) is 9.73 Å². The van der Waals surface area contributed by atoms with Crippen molar-refractivity contribution < 1.29 is 4.74 Å². The zero-order valence-corrected chi connectivity index (χ0v) is 12.1. The SMILES string of the molecule is c1ccc(CC2COC(c3ccc4ccccc4n3)=N2)cc1. The van der Waals surface area contributed by atoms with Crippen LogP contribution in [0.3, 0.4) is 0 Å². The molecule has 0 radical (unpaired) electrons. The van der Waals surface area contributed by atoms with E-state index in [0.717, 1.165) is 23.0 Å². The zero-order valence-electron chi connectivity index (χ0n) is 12.1. The van der Waals surface area contributed by atoms with Gasteiger partial charge in [-0.05, 0) is 24.1 Å². The lowest BCUT2D eigenvalue weighted by Crippen LogP contribution is -2.09. The Balaban J connectivity index is 1.58. The lowest BCUT2D eigenvalue weighted by molar-refractivity contribution is 0.316. The number of hydrogen-bond donors (Lipinski definition) is 0. The molecule has 0 saturated carbocycles. The molecule has 1 atom stereocenters. The molecule has 4 rings (SSSR count). The molecule has 2 heterocycles. The van der Waals surface area contributed by atoms with Gasteiger partial charge in [0.05, 0.1) is 11.6 Å². The number of hydrogen-bond acceptors (Lipinski definition) is 3. The molecule has 2 aromatic carbocycles. The highest BCUT2D eigenvalue weighted by Crippen LogP contribution is 2.17. The highest BCUT2D eigenvalue weighted by atomic mass is 16.5. The quantitative estimate of drug-likeness (QED) is 0.737. The number of fused-ring (bicyclic) bond motifs is 1. The molecule has 3 heteroatoms. The summed E-state index contributed by atoms with van der Waals surface area (Å²) in [6.45, 7) is 0.624. The van der Waals surface area contributed by atoms with E-state index >= 15 is 0 Å². The average molecular weight is 288 g/mol. The number of rotatable bonds is 3. The summed E-state index contributed by atoms with van der Waals surface area (Å²) in [6, 6.07) is 22.7. The van der Waals surface area contributed by atoms with Crippen molar-refractivity contribution >= 4 is 16.8 Å². The first-order valence-electron chi connectivity index (χ1n) is 7.49. The van der Waals surface area contributed by atoms with Crippen LogP contribution in [0, 0.1) is 0 Å². The van der Waals surface area contributed by atoms with Crippen molar-refractivity contribution in [2.75, 3.05) is 6.61 Å². The number of pyridine rings is 1. The number of benzene rings is 2. The average Bonchev–Trinajstić information content (AvgIpc) is 3.04. The molecule has 1 aromatic heterocycles. The number of para-hydroxylation sites is 1. The Labute approximate surface area is 129 Å². The second-order valence-corrected chi connectivity index (χ2v) is 5.48. The summed E-state index contributed by atoms with van der Waals surface area (Å²) in [4.78, 5) is 9.34. The van der Waals surface area contributed by atoms with Gasteiger partial charge in [-0.2, -0.15) is 0 Å². The molecule has 0 saturated heterocycles. The fourth-order valence-electron chi connectivity index (χ4n) is 2.73. The van der Waals surface area contributed by atoms with Gasteiger partial charge in [0.2, 0.25) is 5.90 Å². The fraction of sp³-hybridized carbons (Fsp3) is 0.158. The predicted molar refractivity (Wildman–Crippen MR) is 88.2 cm³/mol. The topological polar surface area (TPSA) is 34.5 Å². The lowest BCUT2D eigenvalue weighted by atomic mass is 10.1. The number of aromatic nitrogens is 1. The van der Waals surface area contributed by atoms with Crippen LogP contribution in [0.2, 0.25) is 0 Å². The van der Waals surface area contributed by atoms with Gasteiger partial charge in [0.25, 0.3) is 0 Å². The summed E-state index contributed by atoms with van der Waals surface area (Å²) in [7, 11) is 0. The molecule has 3 aromatic rings. The Bertz CT molecular complexity index is 827. The van der Waals surface area contributed by atoms with Crippen LogP contribution in [0.1, 0.15) is 11.3 Å². The summed E-state index contributed by atoms with van der Waals surface area (Å²) in [5, 5.41) is 1.13. The third kappa shape index (κ3) is 2.58. The zero-order chi connectivity index (χ0) is 14.8. The van der Waals surface area contributed by atoms with Crippen molar-refractivity contribution in [1.29, 1.82) is 0 Å². The van der Waals surface area contributed by atoms with Gasteiger partial charge in [-0.1, -0.05) is 54.6 Å². The van der Waals surface area contributed by atoms with E-state index in [-0.39, 0.29) is 6.04 Å². The van der Waals surface area contributed by atoms with Crippen LogP contribution in [0.15, 0.2) is 71.7 Å². The van der Waals surface area contributed by atoms with Gasteiger partial charge in [-0.15, -0.1) is 0 Å². The lowest BCUT2D eigenvalue weighted by Gasteiger charge is -2.04. The molecule has 1 aliphatic rings. The monoisotopic (exact) mass is 288 g/mol. The van der Waals surface area contributed by atoms with E-state index in [1.54, 1.807) is 0 Å². The van der Waals surface area contributed by atoms with Crippen molar-refractivity contribution in [3.05, 3.63) is 78.0 Å². The minimum Gasteiger partial charge on any atom is -0.474 e. The van der Waals surface area contributed by atoms with E-state index in [1.807, 2.05) is 30.3 Å². The number of nitrogens with zero attached hydrogens (tertiary/aromatic N) is 2. The predicted octanol–water partition coefficient (Wildman–Crippen LogP) is 3.62. The van der Waals surface area contributed by atoms with Crippen LogP contribution in [-0.4, -0.2) is 23.5 Å². The Kier molecular flexibility index (Phi) is 3.31. The minimum atomic E-state index is 0.172. The van der Waals surface area contributed by atoms with E-state index in [0.29, 0.717) is 12.5 Å². The fourth-order valence-corrected chi connectivity index (χ4v) is 2.73. The summed E-state index contributed by atoms with van der Waals surface area (Å²) >= 11 is 0. The first-order valence-corrected chi connectivity index (χ1v) is 7.49. The minimum absolute atomic E-state index is 0.172. The third-order valence-corrected chi connectivity index (χ3v) is 3.84. The molecule has 3 nitrogen and oxygen atoms in total. The normalized spacial score (nSPS) is 17.3. The van der Waals surface area contributed by atoms with Gasteiger partial charge in [-0.3, -0.25) is 0 Å². The maximum atomic E-state index is 5.76. The number of aliphatic imine (C=N–C) groups is 1. The molecule has 22 heavy (non-hydrogen) atoms. The van der Waals surface area contributed by atoms with Crippen molar-refractivity contribution in [1.82, 2.24) is 4.98 Å². The Morgan fingerprint density at radius 3 is 2.64 bits per heavy atom. The van der Waals surface area contributed by atoms with Crippen LogP contribution in [0.5, 0.6) is 0 Å². The van der Waals surface area contributed by atoms with Crippen LogP contribution in [0.4, 0.5) is 0 Å². The Morgan fingerprint density at radius 2 is 1.73 bits per heavy atom. The second-order valence-electron chi connectivity index (χ2n) is 5.48.